The molecule has 1 aromatic heterocycles. The molecule has 0 spiro atoms. The Morgan fingerprint density at radius 3 is 2.02 bits per heavy atom. The van der Waals surface area contributed by atoms with Crippen molar-refractivity contribution in [3.63, 3.8) is 0 Å². The summed E-state index contributed by atoms with van der Waals surface area (Å²) in [5, 5.41) is 7.78. The normalized spacial score (nSPS) is 12.3. The van der Waals surface area contributed by atoms with Gasteiger partial charge in [-0.1, -0.05) is 139 Å². The summed E-state index contributed by atoms with van der Waals surface area (Å²) in [5.41, 5.74) is 11.2. The highest BCUT2D eigenvalue weighted by molar-refractivity contribution is 7.99. The van der Waals surface area contributed by atoms with Crippen LogP contribution in [-0.4, -0.2) is 4.57 Å². The molecule has 0 atom stereocenters. The third kappa shape index (κ3) is 3.71. The summed E-state index contributed by atoms with van der Waals surface area (Å²) in [5.74, 6) is 0. The minimum Gasteiger partial charge on any atom is -0.309 e. The molecule has 0 aliphatic carbocycles. The fourth-order valence-electron chi connectivity index (χ4n) is 7.60. The third-order valence-electron chi connectivity index (χ3n) is 9.60. The highest BCUT2D eigenvalue weighted by atomic mass is 32.2. The second kappa shape index (κ2) is 9.97. The van der Waals surface area contributed by atoms with Gasteiger partial charge in [0.15, 0.2) is 0 Å². The number of rotatable bonds is 3. The molecule has 214 valence electrons. The number of nitrogens with zero attached hydrogens (tertiary/aromatic N) is 1. The molecule has 0 radical (unpaired) electrons. The molecule has 0 saturated carbocycles. The zero-order chi connectivity index (χ0) is 30.2. The molecular weight excluding hydrogens is 575 g/mol. The average Bonchev–Trinajstić information content (AvgIpc) is 3.46. The van der Waals surface area contributed by atoms with Crippen molar-refractivity contribution < 1.29 is 0 Å². The van der Waals surface area contributed by atoms with E-state index in [2.05, 4.69) is 168 Å². The quantitative estimate of drug-likeness (QED) is 0.195. The maximum atomic E-state index is 2.43. The molecular formula is C44H27NS. The molecule has 0 unspecified atom stereocenters. The number of hydrogen-bond acceptors (Lipinski definition) is 1. The Morgan fingerprint density at radius 2 is 1.11 bits per heavy atom. The van der Waals surface area contributed by atoms with Crippen LogP contribution < -0.4 is 0 Å². The molecule has 46 heavy (non-hydrogen) atoms. The first-order valence-electron chi connectivity index (χ1n) is 15.8. The fraction of sp³-hybridized carbons (Fsp3) is 0. The Hall–Kier alpha value is -5.57. The van der Waals surface area contributed by atoms with Crippen molar-refractivity contribution in [2.75, 3.05) is 0 Å². The van der Waals surface area contributed by atoms with Crippen LogP contribution >= 0.6 is 11.8 Å². The number of fused-ring (bicyclic) bond motifs is 7. The average molecular weight is 602 g/mol. The van der Waals surface area contributed by atoms with Crippen LogP contribution in [0.2, 0.25) is 0 Å². The second-order valence-corrected chi connectivity index (χ2v) is 13.2. The number of hydrogen-bond donors (Lipinski definition) is 0. The predicted octanol–water partition coefficient (Wildman–Crippen LogP) is 12.6. The number of para-hydroxylation sites is 1. The molecule has 0 saturated heterocycles. The largest absolute Gasteiger partial charge is 0.309 e. The minimum absolute atomic E-state index is 1.17. The summed E-state index contributed by atoms with van der Waals surface area (Å²) < 4.78 is 2.43. The van der Waals surface area contributed by atoms with Crippen LogP contribution in [0.5, 0.6) is 0 Å². The standard InChI is InChI=1S/C44H27NS/c1-2-12-30(13-3-1)45-39-25-22-28-11-4-5-15-32(28)43(39)38-23-21-29(27-40(38)45)31-14-6-7-16-33(31)34-24-26-42-44-36(34)18-10-19-37(44)35-17-8-9-20-41(35)46-42/h1-27H. The van der Waals surface area contributed by atoms with Crippen molar-refractivity contribution in [3.8, 4) is 39.1 Å². The molecule has 2 heteroatoms. The van der Waals surface area contributed by atoms with Crippen LogP contribution in [0, 0.1) is 0 Å². The summed E-state index contributed by atoms with van der Waals surface area (Å²) in [6, 6.07) is 60.2. The van der Waals surface area contributed by atoms with Crippen LogP contribution in [0.15, 0.2) is 174 Å². The van der Waals surface area contributed by atoms with Crippen LogP contribution in [0.1, 0.15) is 0 Å². The van der Waals surface area contributed by atoms with Gasteiger partial charge in [-0.2, -0.15) is 0 Å². The summed E-state index contributed by atoms with van der Waals surface area (Å²) in [6.07, 6.45) is 0. The SMILES string of the molecule is c1ccc(-n2c3cc(-c4ccccc4-c4ccc5c6c(cccc46)-c4ccccc4S5)ccc3c3c4ccccc4ccc32)cc1. The molecule has 1 aliphatic rings. The van der Waals surface area contributed by atoms with Gasteiger partial charge in [0.2, 0.25) is 0 Å². The van der Waals surface area contributed by atoms with Crippen molar-refractivity contribution >= 4 is 55.1 Å². The van der Waals surface area contributed by atoms with Gasteiger partial charge < -0.3 is 4.57 Å². The summed E-state index contributed by atoms with van der Waals surface area (Å²) in [4.78, 5) is 2.65. The van der Waals surface area contributed by atoms with E-state index in [1.807, 2.05) is 11.8 Å². The monoisotopic (exact) mass is 601 g/mol. The summed E-state index contributed by atoms with van der Waals surface area (Å²) >= 11 is 1.88. The van der Waals surface area contributed by atoms with Crippen molar-refractivity contribution in [2.24, 2.45) is 0 Å². The smallest absolute Gasteiger partial charge is 0.0547 e. The maximum Gasteiger partial charge on any atom is 0.0547 e. The Labute approximate surface area is 271 Å². The van der Waals surface area contributed by atoms with Crippen molar-refractivity contribution in [1.29, 1.82) is 0 Å². The number of benzene rings is 8. The highest BCUT2D eigenvalue weighted by Crippen LogP contribution is 2.50. The fourth-order valence-corrected chi connectivity index (χ4v) is 8.72. The van der Waals surface area contributed by atoms with Crippen molar-refractivity contribution in [1.82, 2.24) is 4.57 Å². The van der Waals surface area contributed by atoms with E-state index in [-0.39, 0.29) is 0 Å². The lowest BCUT2D eigenvalue weighted by Crippen LogP contribution is -1.95. The van der Waals surface area contributed by atoms with Crippen molar-refractivity contribution in [2.45, 2.75) is 9.79 Å². The third-order valence-corrected chi connectivity index (χ3v) is 10.7. The topological polar surface area (TPSA) is 4.93 Å². The summed E-state index contributed by atoms with van der Waals surface area (Å²) in [6.45, 7) is 0. The van der Waals surface area contributed by atoms with E-state index in [9.17, 15) is 0 Å². The Bertz CT molecular complexity index is 2660. The van der Waals surface area contributed by atoms with Crippen LogP contribution in [-0.2, 0) is 0 Å². The lowest BCUT2D eigenvalue weighted by atomic mass is 9.89. The van der Waals surface area contributed by atoms with Crippen LogP contribution in [0.25, 0.3) is 82.4 Å². The molecule has 1 aliphatic heterocycles. The van der Waals surface area contributed by atoms with Crippen LogP contribution in [0.3, 0.4) is 0 Å². The van der Waals surface area contributed by atoms with Gasteiger partial charge in [0.25, 0.3) is 0 Å². The first-order valence-corrected chi connectivity index (χ1v) is 16.6. The van der Waals surface area contributed by atoms with Gasteiger partial charge in [-0.25, -0.2) is 0 Å². The van der Waals surface area contributed by atoms with Gasteiger partial charge in [0.05, 0.1) is 11.0 Å². The molecule has 2 heterocycles. The molecule has 0 fully saturated rings. The molecule has 0 bridgehead atoms. The van der Waals surface area contributed by atoms with Crippen LogP contribution in [0.4, 0.5) is 0 Å². The Balaban J connectivity index is 1.23. The lowest BCUT2D eigenvalue weighted by Gasteiger charge is -2.22. The first-order chi connectivity index (χ1) is 22.8. The van der Waals surface area contributed by atoms with Gasteiger partial charge in [-0.3, -0.25) is 0 Å². The zero-order valence-electron chi connectivity index (χ0n) is 24.9. The summed E-state index contributed by atoms with van der Waals surface area (Å²) in [7, 11) is 0. The van der Waals surface area contributed by atoms with Crippen molar-refractivity contribution in [3.05, 3.63) is 164 Å². The van der Waals surface area contributed by atoms with E-state index in [0.29, 0.717) is 0 Å². The highest BCUT2D eigenvalue weighted by Gasteiger charge is 2.22. The van der Waals surface area contributed by atoms with E-state index >= 15 is 0 Å². The second-order valence-electron chi connectivity index (χ2n) is 12.1. The van der Waals surface area contributed by atoms with E-state index in [4.69, 9.17) is 0 Å². The molecule has 0 N–H and O–H groups in total. The van der Waals surface area contributed by atoms with E-state index < -0.39 is 0 Å². The zero-order valence-corrected chi connectivity index (χ0v) is 25.8. The predicted molar refractivity (Wildman–Crippen MR) is 196 cm³/mol. The molecule has 0 amide bonds. The van der Waals surface area contributed by atoms with Gasteiger partial charge in [0, 0.05) is 31.6 Å². The van der Waals surface area contributed by atoms with Gasteiger partial charge in [-0.05, 0) is 85.9 Å². The Kier molecular flexibility index (Phi) is 5.58. The molecule has 10 rings (SSSR count). The lowest BCUT2D eigenvalue weighted by molar-refractivity contribution is 1.18. The molecule has 1 nitrogen and oxygen atoms in total. The minimum atomic E-state index is 1.17. The van der Waals surface area contributed by atoms with Gasteiger partial charge in [0.1, 0.15) is 0 Å². The van der Waals surface area contributed by atoms with Gasteiger partial charge >= 0.3 is 0 Å². The van der Waals surface area contributed by atoms with E-state index in [0.717, 1.165) is 0 Å². The molecule has 9 aromatic rings. The van der Waals surface area contributed by atoms with Gasteiger partial charge in [-0.15, -0.1) is 0 Å². The maximum absolute atomic E-state index is 2.43. The first kappa shape index (κ1) is 25.7. The number of aromatic nitrogens is 1. The Morgan fingerprint density at radius 1 is 0.370 bits per heavy atom. The molecule has 8 aromatic carbocycles. The van der Waals surface area contributed by atoms with E-state index in [1.54, 1.807) is 0 Å². The van der Waals surface area contributed by atoms with E-state index in [1.165, 1.54) is 92.2 Å².